The highest BCUT2D eigenvalue weighted by Crippen LogP contribution is 2.26. The molecule has 0 atom stereocenters. The summed E-state index contributed by atoms with van der Waals surface area (Å²) in [6.07, 6.45) is 2.43. The molecule has 0 unspecified atom stereocenters. The molecule has 108 valence electrons. The first kappa shape index (κ1) is 14.5. The average molecular weight is 278 g/mol. The van der Waals surface area contributed by atoms with Crippen LogP contribution in [0.1, 0.15) is 30.1 Å². The summed E-state index contributed by atoms with van der Waals surface area (Å²) in [5.41, 5.74) is 0.797. The van der Waals surface area contributed by atoms with Gasteiger partial charge >= 0.3 is 0 Å². The van der Waals surface area contributed by atoms with Gasteiger partial charge in [-0.2, -0.15) is 0 Å². The molecule has 1 fully saturated rings. The Morgan fingerprint density at radius 1 is 1.45 bits per heavy atom. The number of halogens is 1. The molecule has 1 aromatic rings. The van der Waals surface area contributed by atoms with Crippen LogP contribution in [0.25, 0.3) is 0 Å². The maximum atomic E-state index is 13.6. The number of nitrogens with one attached hydrogen (secondary N) is 1. The molecule has 1 heterocycles. The maximum Gasteiger partial charge on any atom is 0.216 e. The molecule has 1 aliphatic rings. The van der Waals surface area contributed by atoms with Gasteiger partial charge in [0.15, 0.2) is 6.29 Å². The molecule has 20 heavy (non-hydrogen) atoms. The minimum absolute atomic E-state index is 0.0131. The molecule has 0 aromatic heterocycles. The normalized spacial score (nSPS) is 16.0. The second-order valence-electron chi connectivity index (χ2n) is 5.16. The number of hydrogen-bond acceptors (Lipinski definition) is 3. The van der Waals surface area contributed by atoms with Crippen LogP contribution in [0.4, 0.5) is 10.1 Å². The van der Waals surface area contributed by atoms with Crippen LogP contribution in [0.5, 0.6) is 0 Å². The molecule has 0 saturated carbocycles. The van der Waals surface area contributed by atoms with Gasteiger partial charge in [0.1, 0.15) is 5.82 Å². The Kier molecular flexibility index (Phi) is 4.71. The van der Waals surface area contributed by atoms with Crippen LogP contribution in [-0.4, -0.2) is 31.8 Å². The van der Waals surface area contributed by atoms with E-state index in [1.54, 1.807) is 12.1 Å². The lowest BCUT2D eigenvalue weighted by Gasteiger charge is -2.34. The van der Waals surface area contributed by atoms with Crippen LogP contribution < -0.4 is 10.2 Å². The highest BCUT2D eigenvalue weighted by molar-refractivity contribution is 5.85. The number of carbonyl (C=O) groups excluding carboxylic acids is 2. The molecule has 0 bridgehead atoms. The predicted octanol–water partition coefficient (Wildman–Crippen LogP) is 1.99. The zero-order chi connectivity index (χ0) is 14.5. The Labute approximate surface area is 118 Å². The molecular formula is C15H19FN2O2. The Hall–Kier alpha value is -1.91. The summed E-state index contributed by atoms with van der Waals surface area (Å²) in [5, 5.41) is 2.83. The van der Waals surface area contributed by atoms with Crippen LogP contribution in [0.2, 0.25) is 0 Å². The minimum Gasteiger partial charge on any atom is -0.371 e. The number of benzene rings is 1. The number of piperidine rings is 1. The van der Waals surface area contributed by atoms with E-state index in [-0.39, 0.29) is 11.5 Å². The molecule has 1 saturated heterocycles. The van der Waals surface area contributed by atoms with Crippen molar-refractivity contribution in [3.8, 4) is 0 Å². The summed E-state index contributed by atoms with van der Waals surface area (Å²) in [4.78, 5) is 23.9. The van der Waals surface area contributed by atoms with Crippen LogP contribution in [0.3, 0.4) is 0 Å². The molecule has 0 aliphatic carbocycles. The zero-order valence-corrected chi connectivity index (χ0v) is 11.6. The first-order chi connectivity index (χ1) is 9.61. The first-order valence-electron chi connectivity index (χ1n) is 6.85. The summed E-state index contributed by atoms with van der Waals surface area (Å²) in [6.45, 7) is 3.74. The Morgan fingerprint density at radius 3 is 2.75 bits per heavy atom. The Balaban J connectivity index is 1.99. The fraction of sp³-hybridized carbons (Fsp3) is 0.467. The monoisotopic (exact) mass is 278 g/mol. The van der Waals surface area contributed by atoms with Crippen LogP contribution in [0, 0.1) is 11.7 Å². The van der Waals surface area contributed by atoms with Crippen LogP contribution in [-0.2, 0) is 4.79 Å². The van der Waals surface area contributed by atoms with E-state index in [0.29, 0.717) is 24.4 Å². The lowest BCUT2D eigenvalue weighted by Crippen LogP contribution is -2.38. The quantitative estimate of drug-likeness (QED) is 0.857. The van der Waals surface area contributed by atoms with E-state index in [4.69, 9.17) is 0 Å². The lowest BCUT2D eigenvalue weighted by molar-refractivity contribution is -0.119. The molecule has 0 radical (unpaired) electrons. The van der Waals surface area contributed by atoms with Gasteiger partial charge < -0.3 is 10.2 Å². The summed E-state index contributed by atoms with van der Waals surface area (Å²) in [6, 6.07) is 4.71. The van der Waals surface area contributed by atoms with E-state index in [1.165, 1.54) is 13.0 Å². The highest BCUT2D eigenvalue weighted by Gasteiger charge is 2.22. The van der Waals surface area contributed by atoms with Gasteiger partial charge in [-0.05, 0) is 30.9 Å². The summed E-state index contributed by atoms with van der Waals surface area (Å²) in [7, 11) is 0. The van der Waals surface area contributed by atoms with Gasteiger partial charge in [0, 0.05) is 26.6 Å². The third-order valence-corrected chi connectivity index (χ3v) is 3.74. The predicted molar refractivity (Wildman–Crippen MR) is 75.4 cm³/mol. The molecule has 4 nitrogen and oxygen atoms in total. The fourth-order valence-corrected chi connectivity index (χ4v) is 2.58. The zero-order valence-electron chi connectivity index (χ0n) is 11.6. The smallest absolute Gasteiger partial charge is 0.216 e. The fourth-order valence-electron chi connectivity index (χ4n) is 2.58. The van der Waals surface area contributed by atoms with E-state index in [9.17, 15) is 14.0 Å². The van der Waals surface area contributed by atoms with E-state index >= 15 is 0 Å². The Bertz CT molecular complexity index is 497. The van der Waals surface area contributed by atoms with Crippen molar-refractivity contribution in [1.29, 1.82) is 0 Å². The number of aldehydes is 1. The maximum absolute atomic E-state index is 13.6. The minimum atomic E-state index is -0.474. The van der Waals surface area contributed by atoms with Gasteiger partial charge in [-0.3, -0.25) is 9.59 Å². The van der Waals surface area contributed by atoms with Gasteiger partial charge in [-0.1, -0.05) is 6.07 Å². The van der Waals surface area contributed by atoms with E-state index in [2.05, 4.69) is 5.32 Å². The van der Waals surface area contributed by atoms with Crippen molar-refractivity contribution in [2.75, 3.05) is 24.5 Å². The van der Waals surface area contributed by atoms with Crippen LogP contribution in [0.15, 0.2) is 18.2 Å². The topological polar surface area (TPSA) is 49.4 Å². The second kappa shape index (κ2) is 6.50. The van der Waals surface area contributed by atoms with Crippen molar-refractivity contribution in [3.63, 3.8) is 0 Å². The number of carbonyl (C=O) groups is 2. The van der Waals surface area contributed by atoms with Gasteiger partial charge in [-0.25, -0.2) is 4.39 Å². The lowest BCUT2D eigenvalue weighted by atomic mass is 9.96. The summed E-state index contributed by atoms with van der Waals surface area (Å²) >= 11 is 0. The van der Waals surface area contributed by atoms with Crippen molar-refractivity contribution in [2.24, 2.45) is 5.92 Å². The summed E-state index contributed by atoms with van der Waals surface area (Å²) < 4.78 is 13.6. The molecule has 1 amide bonds. The summed E-state index contributed by atoms with van der Waals surface area (Å²) in [5.74, 6) is -0.0398. The molecule has 5 heteroatoms. The molecule has 0 spiro atoms. The van der Waals surface area contributed by atoms with Crippen molar-refractivity contribution >= 4 is 17.9 Å². The SMILES string of the molecule is CC(=O)NCC1CCN(c2cccc(F)c2C=O)CC1. The number of nitrogens with zero attached hydrogens (tertiary/aromatic N) is 1. The highest BCUT2D eigenvalue weighted by atomic mass is 19.1. The number of hydrogen-bond donors (Lipinski definition) is 1. The molecule has 1 aromatic carbocycles. The molecule has 2 rings (SSSR count). The molecular weight excluding hydrogens is 259 g/mol. The van der Waals surface area contributed by atoms with Gasteiger partial charge in [0.2, 0.25) is 5.91 Å². The van der Waals surface area contributed by atoms with Gasteiger partial charge in [0.05, 0.1) is 11.3 Å². The third kappa shape index (κ3) is 3.35. The Morgan fingerprint density at radius 2 is 2.15 bits per heavy atom. The number of anilines is 1. The standard InChI is InChI=1S/C15H19FN2O2/c1-11(20)17-9-12-5-7-18(8-6-12)15-4-2-3-14(16)13(15)10-19/h2-4,10,12H,5-9H2,1H3,(H,17,20). The van der Waals surface area contributed by atoms with Crippen molar-refractivity contribution in [1.82, 2.24) is 5.32 Å². The van der Waals surface area contributed by atoms with Crippen molar-refractivity contribution in [2.45, 2.75) is 19.8 Å². The number of rotatable bonds is 4. The van der Waals surface area contributed by atoms with Crippen molar-refractivity contribution in [3.05, 3.63) is 29.6 Å². The van der Waals surface area contributed by atoms with E-state index in [1.807, 2.05) is 4.90 Å². The van der Waals surface area contributed by atoms with Crippen LogP contribution >= 0.6 is 0 Å². The average Bonchev–Trinajstić information content (AvgIpc) is 2.45. The largest absolute Gasteiger partial charge is 0.371 e. The second-order valence-corrected chi connectivity index (χ2v) is 5.16. The molecule has 1 aliphatic heterocycles. The number of amides is 1. The first-order valence-corrected chi connectivity index (χ1v) is 6.85. The van der Waals surface area contributed by atoms with E-state index in [0.717, 1.165) is 25.9 Å². The van der Waals surface area contributed by atoms with Gasteiger partial charge in [0.25, 0.3) is 0 Å². The van der Waals surface area contributed by atoms with Crippen molar-refractivity contribution < 1.29 is 14.0 Å². The van der Waals surface area contributed by atoms with E-state index < -0.39 is 5.82 Å². The van der Waals surface area contributed by atoms with Gasteiger partial charge in [-0.15, -0.1) is 0 Å². The molecule has 1 N–H and O–H groups in total. The third-order valence-electron chi connectivity index (χ3n) is 3.74.